The highest BCUT2D eigenvalue weighted by Crippen LogP contribution is 2.41. The molecule has 0 aromatic heterocycles. The zero-order chi connectivity index (χ0) is 20.5. The Balaban J connectivity index is 2.13. The number of rotatable bonds is 11. The Morgan fingerprint density at radius 3 is 1.50 bits per heavy atom. The highest BCUT2D eigenvalue weighted by atomic mass is 35.5. The van der Waals surface area contributed by atoms with E-state index < -0.39 is 0 Å². The van der Waals surface area contributed by atoms with Crippen molar-refractivity contribution in [2.75, 3.05) is 21.8 Å². The van der Waals surface area contributed by atoms with Crippen molar-refractivity contribution in [2.24, 2.45) is 0 Å². The summed E-state index contributed by atoms with van der Waals surface area (Å²) in [5.41, 5.74) is 0.947. The molecule has 0 atom stereocenters. The first kappa shape index (κ1) is 22.5. The van der Waals surface area contributed by atoms with Gasteiger partial charge in [0.25, 0.3) is 0 Å². The predicted octanol–water partition coefficient (Wildman–Crippen LogP) is 5.63. The van der Waals surface area contributed by atoms with Gasteiger partial charge >= 0.3 is 0 Å². The second kappa shape index (κ2) is 11.3. The van der Waals surface area contributed by atoms with Crippen LogP contribution in [0.4, 0.5) is 11.4 Å². The summed E-state index contributed by atoms with van der Waals surface area (Å²) < 4.78 is 13.4. The molecule has 150 valence electrons. The molecular formula is C18H18Cl2N2O4S2. The van der Waals surface area contributed by atoms with Crippen LogP contribution in [0.3, 0.4) is 0 Å². The Labute approximate surface area is 181 Å². The zero-order valence-corrected chi connectivity index (χ0v) is 18.3. The summed E-state index contributed by atoms with van der Waals surface area (Å²) in [6, 6.07) is 10.0. The summed E-state index contributed by atoms with van der Waals surface area (Å²) in [6.07, 6.45) is 1.23. The molecule has 2 aromatic rings. The number of amides is 2. The lowest BCUT2D eigenvalue weighted by atomic mass is 10.3. The maximum atomic E-state index is 11.5. The van der Waals surface area contributed by atoms with E-state index in [9.17, 15) is 9.59 Å². The van der Waals surface area contributed by atoms with E-state index in [-0.39, 0.29) is 0 Å². The third-order valence-electron chi connectivity index (χ3n) is 3.32. The van der Waals surface area contributed by atoms with Gasteiger partial charge in [-0.25, -0.2) is 8.61 Å². The first-order valence-corrected chi connectivity index (χ1v) is 11.0. The van der Waals surface area contributed by atoms with Gasteiger partial charge in [0.15, 0.2) is 0 Å². The van der Waals surface area contributed by atoms with Crippen molar-refractivity contribution < 1.29 is 19.1 Å². The lowest BCUT2D eigenvalue weighted by Crippen LogP contribution is -2.15. The lowest BCUT2D eigenvalue weighted by Gasteiger charge is -2.21. The first-order valence-electron chi connectivity index (χ1n) is 8.22. The largest absolute Gasteiger partial charge is 0.494 e. The Morgan fingerprint density at radius 2 is 1.21 bits per heavy atom. The molecule has 6 nitrogen and oxygen atoms in total. The van der Waals surface area contributed by atoms with Crippen molar-refractivity contribution in [2.45, 2.75) is 13.8 Å². The summed E-state index contributed by atoms with van der Waals surface area (Å²) in [5.74, 6) is 1.21. The van der Waals surface area contributed by atoms with Crippen LogP contribution in [0.25, 0.3) is 0 Å². The van der Waals surface area contributed by atoms with E-state index in [0.29, 0.717) is 59.0 Å². The summed E-state index contributed by atoms with van der Waals surface area (Å²) in [6.45, 7) is 4.75. The normalized spacial score (nSPS) is 10.3. The van der Waals surface area contributed by atoms with Crippen LogP contribution in [0.15, 0.2) is 36.4 Å². The molecule has 0 unspecified atom stereocenters. The number of benzene rings is 2. The number of carbonyl (C=O) groups excluding carboxylic acids is 2. The number of halogens is 2. The SMILES string of the molecule is CCOc1ccc(N(C=O)SSN(C=O)c2ccc(OCC)cc2Cl)c(Cl)c1. The molecule has 0 aliphatic carbocycles. The third kappa shape index (κ3) is 5.88. The maximum absolute atomic E-state index is 11.5. The van der Waals surface area contributed by atoms with Gasteiger partial charge in [0.1, 0.15) is 11.5 Å². The predicted molar refractivity (Wildman–Crippen MR) is 118 cm³/mol. The first-order chi connectivity index (χ1) is 13.5. The summed E-state index contributed by atoms with van der Waals surface area (Å²) in [5, 5.41) is 0.700. The number of carbonyl (C=O) groups is 2. The van der Waals surface area contributed by atoms with Gasteiger partial charge in [-0.05, 0) is 38.1 Å². The topological polar surface area (TPSA) is 59.1 Å². The number of hydrogen-bond donors (Lipinski definition) is 0. The minimum Gasteiger partial charge on any atom is -0.494 e. The van der Waals surface area contributed by atoms with Crippen LogP contribution in [0, 0.1) is 0 Å². The van der Waals surface area contributed by atoms with Crippen LogP contribution in [0.1, 0.15) is 13.8 Å². The fraction of sp³-hybridized carbons (Fsp3) is 0.222. The molecule has 0 saturated carbocycles. The van der Waals surface area contributed by atoms with Crippen molar-refractivity contribution in [1.29, 1.82) is 0 Å². The van der Waals surface area contributed by atoms with Crippen LogP contribution >= 0.6 is 45.2 Å². The quantitative estimate of drug-likeness (QED) is 0.246. The molecule has 0 fully saturated rings. The molecule has 0 heterocycles. The van der Waals surface area contributed by atoms with Gasteiger partial charge in [0.2, 0.25) is 12.8 Å². The molecule has 2 amide bonds. The third-order valence-corrected chi connectivity index (χ3v) is 6.04. The van der Waals surface area contributed by atoms with Crippen LogP contribution in [-0.4, -0.2) is 26.0 Å². The second-order valence-corrected chi connectivity index (χ2v) is 7.90. The molecule has 0 radical (unpaired) electrons. The van der Waals surface area contributed by atoms with Gasteiger partial charge in [-0.15, -0.1) is 0 Å². The highest BCUT2D eigenvalue weighted by Gasteiger charge is 2.17. The smallest absolute Gasteiger partial charge is 0.225 e. The Bertz CT molecular complexity index is 759. The van der Waals surface area contributed by atoms with E-state index in [1.165, 1.54) is 8.61 Å². The molecule has 0 aliphatic rings. The van der Waals surface area contributed by atoms with E-state index in [0.717, 1.165) is 22.0 Å². The van der Waals surface area contributed by atoms with Gasteiger partial charge in [-0.3, -0.25) is 9.59 Å². The van der Waals surface area contributed by atoms with Crippen molar-refractivity contribution in [3.8, 4) is 11.5 Å². The minimum atomic E-state index is 0.350. The Kier molecular flexibility index (Phi) is 9.11. The van der Waals surface area contributed by atoms with Crippen molar-refractivity contribution >= 4 is 69.4 Å². The molecule has 2 rings (SSSR count). The van der Waals surface area contributed by atoms with E-state index in [1.54, 1.807) is 36.4 Å². The standard InChI is InChI=1S/C18H18Cl2N2O4S2/c1-3-25-13-5-7-17(15(19)9-13)21(11-23)27-28-22(12-24)18-8-6-14(26-4-2)10-16(18)20/h5-12H,3-4H2,1-2H3. The molecule has 10 heteroatoms. The summed E-state index contributed by atoms with van der Waals surface area (Å²) in [4.78, 5) is 23.1. The van der Waals surface area contributed by atoms with Crippen LogP contribution in [0.2, 0.25) is 10.0 Å². The average molecular weight is 461 g/mol. The maximum Gasteiger partial charge on any atom is 0.225 e. The van der Waals surface area contributed by atoms with Crippen LogP contribution in [0.5, 0.6) is 11.5 Å². The molecule has 0 aliphatic heterocycles. The van der Waals surface area contributed by atoms with Gasteiger partial charge in [0.05, 0.1) is 56.6 Å². The van der Waals surface area contributed by atoms with Gasteiger partial charge < -0.3 is 9.47 Å². The fourth-order valence-corrected chi connectivity index (χ4v) is 4.59. The monoisotopic (exact) mass is 460 g/mol. The van der Waals surface area contributed by atoms with Crippen molar-refractivity contribution in [1.82, 2.24) is 0 Å². The Hall–Kier alpha value is -1.74. The fourth-order valence-electron chi connectivity index (χ4n) is 2.15. The number of nitrogens with zero attached hydrogens (tertiary/aromatic N) is 2. The molecule has 2 aromatic carbocycles. The molecule has 0 N–H and O–H groups in total. The highest BCUT2D eigenvalue weighted by molar-refractivity contribution is 8.78. The Morgan fingerprint density at radius 1 is 0.821 bits per heavy atom. The minimum absolute atomic E-state index is 0.350. The molecule has 0 bridgehead atoms. The van der Waals surface area contributed by atoms with Crippen molar-refractivity contribution in [3.63, 3.8) is 0 Å². The molecule has 0 saturated heterocycles. The molecule has 28 heavy (non-hydrogen) atoms. The van der Waals surface area contributed by atoms with Gasteiger partial charge in [-0.1, -0.05) is 23.2 Å². The number of anilines is 2. The van der Waals surface area contributed by atoms with Gasteiger partial charge in [0, 0.05) is 12.1 Å². The van der Waals surface area contributed by atoms with Gasteiger partial charge in [-0.2, -0.15) is 0 Å². The molecule has 0 spiro atoms. The van der Waals surface area contributed by atoms with E-state index in [4.69, 9.17) is 32.7 Å². The summed E-state index contributed by atoms with van der Waals surface area (Å²) >= 11 is 12.5. The van der Waals surface area contributed by atoms with E-state index in [1.807, 2.05) is 13.8 Å². The molecular weight excluding hydrogens is 443 g/mol. The number of hydrogen-bond acceptors (Lipinski definition) is 6. The van der Waals surface area contributed by atoms with Crippen molar-refractivity contribution in [3.05, 3.63) is 46.4 Å². The zero-order valence-electron chi connectivity index (χ0n) is 15.1. The average Bonchev–Trinajstić information content (AvgIpc) is 2.68. The lowest BCUT2D eigenvalue weighted by molar-refractivity contribution is -0.107. The van der Waals surface area contributed by atoms with Crippen LogP contribution in [-0.2, 0) is 9.59 Å². The number of ether oxygens (including phenoxy) is 2. The summed E-state index contributed by atoms with van der Waals surface area (Å²) in [7, 11) is 2.04. The van der Waals surface area contributed by atoms with E-state index >= 15 is 0 Å². The van der Waals surface area contributed by atoms with Crippen LogP contribution < -0.4 is 18.1 Å². The second-order valence-electron chi connectivity index (χ2n) is 5.10. The van der Waals surface area contributed by atoms with E-state index in [2.05, 4.69) is 0 Å².